The lowest BCUT2D eigenvalue weighted by Crippen LogP contribution is -2.47. The maximum absolute atomic E-state index is 14.1. The van der Waals surface area contributed by atoms with Crippen LogP contribution < -0.4 is 14.4 Å². The van der Waals surface area contributed by atoms with Gasteiger partial charge in [0.15, 0.2) is 5.82 Å². The molecule has 0 radical (unpaired) electrons. The highest BCUT2D eigenvalue weighted by atomic mass is 32.2. The van der Waals surface area contributed by atoms with Crippen molar-refractivity contribution in [1.29, 1.82) is 0 Å². The first-order chi connectivity index (χ1) is 17.3. The van der Waals surface area contributed by atoms with Gasteiger partial charge in [0.2, 0.25) is 5.95 Å². The van der Waals surface area contributed by atoms with Gasteiger partial charge in [-0.2, -0.15) is 12.8 Å². The Morgan fingerprint density at radius 1 is 1.22 bits per heavy atom. The zero-order chi connectivity index (χ0) is 27.0. The van der Waals surface area contributed by atoms with E-state index < -0.39 is 16.1 Å². The second-order valence-corrected chi connectivity index (χ2v) is 12.0. The third-order valence-corrected chi connectivity index (χ3v) is 6.72. The fourth-order valence-corrected chi connectivity index (χ4v) is 5.18. The van der Waals surface area contributed by atoms with Crippen molar-refractivity contribution in [3.63, 3.8) is 0 Å². The SMILES string of the molecule is CCN(c1nc(F)ccc1NC(C)(C)C)C1CCN(C(=O)c2cc3cc(OS(C)(=O)=O)ccc3[nH]2)CC1. The molecule has 0 bridgehead atoms. The van der Waals surface area contributed by atoms with Gasteiger partial charge in [0.05, 0.1) is 11.9 Å². The van der Waals surface area contributed by atoms with Gasteiger partial charge in [-0.25, -0.2) is 4.98 Å². The predicted octanol–water partition coefficient (Wildman–Crippen LogP) is 4.38. The van der Waals surface area contributed by atoms with Gasteiger partial charge in [0, 0.05) is 42.1 Å². The Hall–Kier alpha value is -3.34. The van der Waals surface area contributed by atoms with E-state index in [1.165, 1.54) is 6.07 Å². The molecule has 1 aliphatic heterocycles. The minimum atomic E-state index is -3.64. The zero-order valence-electron chi connectivity index (χ0n) is 21.8. The number of hydrogen-bond acceptors (Lipinski definition) is 7. The molecule has 3 heterocycles. The molecule has 3 aromatic rings. The Balaban J connectivity index is 1.47. The molecule has 1 aromatic carbocycles. The lowest BCUT2D eigenvalue weighted by Gasteiger charge is -2.39. The molecule has 37 heavy (non-hydrogen) atoms. The van der Waals surface area contributed by atoms with Gasteiger partial charge in [-0.3, -0.25) is 4.79 Å². The Morgan fingerprint density at radius 3 is 2.54 bits per heavy atom. The van der Waals surface area contributed by atoms with Crippen LogP contribution in [0.25, 0.3) is 10.9 Å². The van der Waals surface area contributed by atoms with E-state index in [-0.39, 0.29) is 23.2 Å². The van der Waals surface area contributed by atoms with Gasteiger partial charge in [-0.1, -0.05) is 0 Å². The number of likely N-dealkylation sites (tertiary alicyclic amines) is 1. The maximum Gasteiger partial charge on any atom is 0.306 e. The van der Waals surface area contributed by atoms with Gasteiger partial charge in [-0.05, 0) is 76.9 Å². The van der Waals surface area contributed by atoms with Crippen molar-refractivity contribution < 1.29 is 21.8 Å². The topological polar surface area (TPSA) is 108 Å². The lowest BCUT2D eigenvalue weighted by atomic mass is 10.0. The standard InChI is InChI=1S/C26H34FN5O4S/c1-6-32(24-21(30-26(2,3)4)9-10-23(27)29-24)18-11-13-31(14-12-18)25(33)22-16-17-15-19(36-37(5,34)35)7-8-20(17)28-22/h7-10,15-16,18,28,30H,6,11-14H2,1-5H3. The van der Waals surface area contributed by atoms with Crippen molar-refractivity contribution in [3.05, 3.63) is 48.0 Å². The van der Waals surface area contributed by atoms with Gasteiger partial charge in [0.25, 0.3) is 5.91 Å². The van der Waals surface area contributed by atoms with E-state index >= 15 is 0 Å². The molecule has 0 aliphatic carbocycles. The fourth-order valence-electron chi connectivity index (χ4n) is 4.73. The Labute approximate surface area is 217 Å². The minimum absolute atomic E-state index is 0.113. The van der Waals surface area contributed by atoms with Crippen LogP contribution in [0.15, 0.2) is 36.4 Å². The summed E-state index contributed by atoms with van der Waals surface area (Å²) >= 11 is 0. The first-order valence-electron chi connectivity index (χ1n) is 12.4. The molecular formula is C26H34FN5O4S. The normalized spacial score (nSPS) is 15.1. The van der Waals surface area contributed by atoms with Gasteiger partial charge >= 0.3 is 10.1 Å². The summed E-state index contributed by atoms with van der Waals surface area (Å²) in [7, 11) is -3.64. The van der Waals surface area contributed by atoms with Crippen LogP contribution in [0.1, 0.15) is 51.0 Å². The number of hydrogen-bond donors (Lipinski definition) is 2. The molecule has 0 atom stereocenters. The molecule has 0 saturated carbocycles. The first-order valence-corrected chi connectivity index (χ1v) is 14.2. The van der Waals surface area contributed by atoms with E-state index in [9.17, 15) is 17.6 Å². The van der Waals surface area contributed by atoms with Crippen molar-refractivity contribution >= 4 is 38.4 Å². The fraction of sp³-hybridized carbons (Fsp3) is 0.462. The summed E-state index contributed by atoms with van der Waals surface area (Å²) in [5.74, 6) is 0.136. The number of nitrogens with zero attached hydrogens (tertiary/aromatic N) is 3. The largest absolute Gasteiger partial charge is 0.383 e. The summed E-state index contributed by atoms with van der Waals surface area (Å²) in [4.78, 5) is 24.5. The van der Waals surface area contributed by atoms with Crippen molar-refractivity contribution in [2.45, 2.75) is 52.1 Å². The van der Waals surface area contributed by atoms with Crippen molar-refractivity contribution in [2.75, 3.05) is 36.1 Å². The number of carbonyl (C=O) groups excluding carboxylic acids is 1. The van der Waals surface area contributed by atoms with E-state index in [1.54, 1.807) is 35.2 Å². The number of anilines is 2. The van der Waals surface area contributed by atoms with Crippen LogP contribution in [0.2, 0.25) is 0 Å². The number of pyridine rings is 1. The Kier molecular flexibility index (Phi) is 7.36. The van der Waals surface area contributed by atoms with E-state index in [0.29, 0.717) is 42.0 Å². The molecule has 4 rings (SSSR count). The molecule has 1 saturated heterocycles. The summed E-state index contributed by atoms with van der Waals surface area (Å²) in [5, 5.41) is 4.11. The van der Waals surface area contributed by atoms with Crippen LogP contribution in [0.4, 0.5) is 15.9 Å². The average molecular weight is 532 g/mol. The number of carbonyl (C=O) groups is 1. The minimum Gasteiger partial charge on any atom is -0.383 e. The second-order valence-electron chi connectivity index (χ2n) is 10.4. The number of H-pyrrole nitrogens is 1. The number of fused-ring (bicyclic) bond motifs is 1. The highest BCUT2D eigenvalue weighted by molar-refractivity contribution is 7.86. The van der Waals surface area contributed by atoms with Gasteiger partial charge in [-0.15, -0.1) is 0 Å². The third-order valence-electron chi connectivity index (χ3n) is 6.23. The summed E-state index contributed by atoms with van der Waals surface area (Å²) in [6.45, 7) is 9.92. The number of benzene rings is 1. The molecule has 11 heteroatoms. The van der Waals surface area contributed by atoms with Crippen molar-refractivity contribution in [2.24, 2.45) is 0 Å². The number of halogens is 1. The van der Waals surface area contributed by atoms with Crippen molar-refractivity contribution in [1.82, 2.24) is 14.9 Å². The molecular weight excluding hydrogens is 497 g/mol. The second kappa shape index (κ2) is 10.2. The van der Waals surface area contributed by atoms with Crippen LogP contribution in [0, 0.1) is 5.95 Å². The number of aromatic nitrogens is 2. The smallest absolute Gasteiger partial charge is 0.306 e. The number of nitrogens with one attached hydrogen (secondary N) is 2. The van der Waals surface area contributed by atoms with E-state index in [0.717, 1.165) is 24.8 Å². The molecule has 2 aromatic heterocycles. The summed E-state index contributed by atoms with van der Waals surface area (Å²) in [6.07, 6.45) is 2.43. The predicted molar refractivity (Wildman–Crippen MR) is 143 cm³/mol. The van der Waals surface area contributed by atoms with E-state index in [4.69, 9.17) is 4.18 Å². The number of piperidine rings is 1. The number of rotatable bonds is 7. The van der Waals surface area contributed by atoms with E-state index in [1.807, 2.05) is 27.7 Å². The van der Waals surface area contributed by atoms with Crippen molar-refractivity contribution in [3.8, 4) is 5.75 Å². The quantitative estimate of drug-likeness (QED) is 0.344. The molecule has 1 aliphatic rings. The molecule has 0 unspecified atom stereocenters. The summed E-state index contributed by atoms with van der Waals surface area (Å²) in [6, 6.07) is 9.73. The maximum atomic E-state index is 14.1. The highest BCUT2D eigenvalue weighted by Crippen LogP contribution is 2.31. The lowest BCUT2D eigenvalue weighted by molar-refractivity contribution is 0.0707. The van der Waals surface area contributed by atoms with Gasteiger partial charge < -0.3 is 24.3 Å². The average Bonchev–Trinajstić information content (AvgIpc) is 3.23. The first kappa shape index (κ1) is 26.7. The van der Waals surface area contributed by atoms with Crippen LogP contribution in [0.3, 0.4) is 0 Å². The zero-order valence-corrected chi connectivity index (χ0v) is 22.7. The molecule has 1 amide bonds. The Morgan fingerprint density at radius 2 is 1.92 bits per heavy atom. The third kappa shape index (κ3) is 6.51. The van der Waals surface area contributed by atoms with Crippen LogP contribution in [-0.2, 0) is 10.1 Å². The molecule has 9 nitrogen and oxygen atoms in total. The highest BCUT2D eigenvalue weighted by Gasteiger charge is 2.30. The van der Waals surface area contributed by atoms with Crippen LogP contribution >= 0.6 is 0 Å². The Bertz CT molecular complexity index is 1390. The molecule has 1 fully saturated rings. The van der Waals surface area contributed by atoms with Crippen LogP contribution in [-0.4, -0.2) is 66.7 Å². The number of amides is 1. The van der Waals surface area contributed by atoms with E-state index in [2.05, 4.69) is 20.2 Å². The summed E-state index contributed by atoms with van der Waals surface area (Å²) in [5.41, 5.74) is 1.72. The molecule has 2 N–H and O–H groups in total. The monoisotopic (exact) mass is 531 g/mol. The van der Waals surface area contributed by atoms with Gasteiger partial charge in [0.1, 0.15) is 11.4 Å². The van der Waals surface area contributed by atoms with Crippen LogP contribution in [0.5, 0.6) is 5.75 Å². The summed E-state index contributed by atoms with van der Waals surface area (Å²) < 4.78 is 41.9. The number of aromatic amines is 1. The molecule has 200 valence electrons. The molecule has 0 spiro atoms.